The maximum Gasteiger partial charge on any atom is 0.191 e. The van der Waals surface area contributed by atoms with Crippen molar-refractivity contribution in [3.63, 3.8) is 0 Å². The molecule has 0 aliphatic heterocycles. The second-order valence-electron chi connectivity index (χ2n) is 6.12. The summed E-state index contributed by atoms with van der Waals surface area (Å²) in [5, 5.41) is 6.44. The summed E-state index contributed by atoms with van der Waals surface area (Å²) in [6.45, 7) is 6.57. The smallest absolute Gasteiger partial charge is 0.191 e. The lowest BCUT2D eigenvalue weighted by molar-refractivity contribution is 0.322. The third-order valence-electron chi connectivity index (χ3n) is 3.79. The Kier molecular flexibility index (Phi) is 9.41. The first kappa shape index (κ1) is 21.0. The number of guanidine groups is 1. The van der Waals surface area contributed by atoms with E-state index in [1.165, 1.54) is 5.56 Å². The molecule has 0 saturated carbocycles. The van der Waals surface area contributed by atoms with Crippen molar-refractivity contribution in [2.24, 2.45) is 4.99 Å². The molecular formula is C21H29N3O2S. The Morgan fingerprint density at radius 1 is 1.07 bits per heavy atom. The quantitative estimate of drug-likeness (QED) is 0.374. The first-order valence-electron chi connectivity index (χ1n) is 9.28. The number of rotatable bonds is 10. The molecule has 0 saturated heterocycles. The monoisotopic (exact) mass is 387 g/mol. The summed E-state index contributed by atoms with van der Waals surface area (Å²) in [4.78, 5) is 4.50. The molecular weight excluding hydrogens is 358 g/mol. The Labute approximate surface area is 164 Å². The molecule has 1 atom stereocenters. The van der Waals surface area contributed by atoms with Crippen LogP contribution in [-0.2, 0) is 16.6 Å². The van der Waals surface area contributed by atoms with E-state index in [9.17, 15) is 4.21 Å². The predicted octanol–water partition coefficient (Wildman–Crippen LogP) is 2.88. The van der Waals surface area contributed by atoms with Gasteiger partial charge in [0.2, 0.25) is 0 Å². The highest BCUT2D eigenvalue weighted by Gasteiger charge is 2.02. The Morgan fingerprint density at radius 3 is 2.52 bits per heavy atom. The molecule has 6 heteroatoms. The largest absolute Gasteiger partial charge is 0.492 e. The van der Waals surface area contributed by atoms with E-state index in [0.717, 1.165) is 23.8 Å². The third-order valence-corrected chi connectivity index (χ3v) is 5.08. The molecule has 2 aromatic rings. The van der Waals surface area contributed by atoms with Crippen molar-refractivity contribution in [2.45, 2.75) is 19.6 Å². The molecule has 0 heterocycles. The lowest BCUT2D eigenvalue weighted by Gasteiger charge is -2.12. The van der Waals surface area contributed by atoms with Gasteiger partial charge in [0.25, 0.3) is 0 Å². The van der Waals surface area contributed by atoms with Gasteiger partial charge in [-0.15, -0.1) is 0 Å². The Morgan fingerprint density at radius 2 is 1.81 bits per heavy atom. The standard InChI is InChI=1S/C21H29N3O2S/c1-3-22-21(23-13-15-26-20-11-9-18(2)10-12-20)24-14-16-27(25)17-19-7-5-4-6-8-19/h4-12H,3,13-17H2,1-2H3,(H2,22,23,24). The molecule has 146 valence electrons. The molecule has 2 N–H and O–H groups in total. The van der Waals surface area contributed by atoms with E-state index in [1.807, 2.05) is 61.5 Å². The maximum absolute atomic E-state index is 12.2. The first-order chi connectivity index (χ1) is 13.2. The number of hydrogen-bond acceptors (Lipinski definition) is 3. The van der Waals surface area contributed by atoms with Crippen LogP contribution in [0.5, 0.6) is 5.75 Å². The number of hydrogen-bond donors (Lipinski definition) is 2. The van der Waals surface area contributed by atoms with E-state index < -0.39 is 10.8 Å². The Hall–Kier alpha value is -2.34. The van der Waals surface area contributed by atoms with Gasteiger partial charge in [0.05, 0.1) is 13.1 Å². The Balaban J connectivity index is 1.69. The van der Waals surface area contributed by atoms with Crippen LogP contribution in [0.1, 0.15) is 18.1 Å². The molecule has 5 nitrogen and oxygen atoms in total. The van der Waals surface area contributed by atoms with Crippen LogP contribution in [0, 0.1) is 6.92 Å². The molecule has 2 rings (SSSR count). The summed E-state index contributed by atoms with van der Waals surface area (Å²) < 4.78 is 17.9. The van der Waals surface area contributed by atoms with Crippen molar-refractivity contribution in [1.82, 2.24) is 10.6 Å². The van der Waals surface area contributed by atoms with Crippen LogP contribution < -0.4 is 15.4 Å². The maximum atomic E-state index is 12.2. The number of aliphatic imine (C=N–C) groups is 1. The fourth-order valence-electron chi connectivity index (χ4n) is 2.41. The lowest BCUT2D eigenvalue weighted by atomic mass is 10.2. The molecule has 0 aliphatic rings. The number of aryl methyl sites for hydroxylation is 1. The van der Waals surface area contributed by atoms with E-state index in [0.29, 0.717) is 31.2 Å². The normalized spacial score (nSPS) is 12.4. The molecule has 1 unspecified atom stereocenters. The highest BCUT2D eigenvalue weighted by Crippen LogP contribution is 2.10. The number of nitrogens with one attached hydrogen (secondary N) is 2. The fraction of sp³-hybridized carbons (Fsp3) is 0.381. The average molecular weight is 388 g/mol. The van der Waals surface area contributed by atoms with E-state index >= 15 is 0 Å². The predicted molar refractivity (Wildman–Crippen MR) is 114 cm³/mol. The molecule has 0 aromatic heterocycles. The summed E-state index contributed by atoms with van der Waals surface area (Å²) in [6.07, 6.45) is 0. The SMILES string of the molecule is CCNC(=NCCS(=O)Cc1ccccc1)NCCOc1ccc(C)cc1. The van der Waals surface area contributed by atoms with E-state index in [-0.39, 0.29) is 0 Å². The van der Waals surface area contributed by atoms with Gasteiger partial charge in [0, 0.05) is 28.9 Å². The van der Waals surface area contributed by atoms with Gasteiger partial charge in [-0.05, 0) is 31.5 Å². The molecule has 0 fully saturated rings. The summed E-state index contributed by atoms with van der Waals surface area (Å²) >= 11 is 0. The minimum atomic E-state index is -0.913. The molecule has 0 radical (unpaired) electrons. The summed E-state index contributed by atoms with van der Waals surface area (Å²) in [6, 6.07) is 17.9. The highest BCUT2D eigenvalue weighted by atomic mass is 32.2. The van der Waals surface area contributed by atoms with Gasteiger partial charge in [-0.25, -0.2) is 0 Å². The second kappa shape index (κ2) is 12.1. The van der Waals surface area contributed by atoms with Gasteiger partial charge in [-0.1, -0.05) is 48.0 Å². The van der Waals surface area contributed by atoms with Crippen LogP contribution in [-0.4, -0.2) is 42.2 Å². The van der Waals surface area contributed by atoms with Crippen molar-refractivity contribution in [1.29, 1.82) is 0 Å². The highest BCUT2D eigenvalue weighted by molar-refractivity contribution is 7.84. The topological polar surface area (TPSA) is 62.7 Å². The molecule has 2 aromatic carbocycles. The van der Waals surface area contributed by atoms with Crippen LogP contribution in [0.4, 0.5) is 0 Å². The minimum Gasteiger partial charge on any atom is -0.492 e. The molecule has 27 heavy (non-hydrogen) atoms. The third kappa shape index (κ3) is 8.73. The first-order valence-corrected chi connectivity index (χ1v) is 10.8. The van der Waals surface area contributed by atoms with E-state index in [2.05, 4.69) is 22.5 Å². The van der Waals surface area contributed by atoms with Gasteiger partial charge in [0.1, 0.15) is 12.4 Å². The number of nitrogens with zero attached hydrogens (tertiary/aromatic N) is 1. The van der Waals surface area contributed by atoms with Crippen molar-refractivity contribution in [3.8, 4) is 5.75 Å². The summed E-state index contributed by atoms with van der Waals surface area (Å²) in [5.74, 6) is 2.71. The lowest BCUT2D eigenvalue weighted by Crippen LogP contribution is -2.39. The number of benzene rings is 2. The zero-order valence-corrected chi connectivity index (χ0v) is 16.9. The van der Waals surface area contributed by atoms with Crippen LogP contribution >= 0.6 is 0 Å². The van der Waals surface area contributed by atoms with E-state index in [1.54, 1.807) is 0 Å². The average Bonchev–Trinajstić information content (AvgIpc) is 2.67. The van der Waals surface area contributed by atoms with Crippen molar-refractivity contribution < 1.29 is 8.95 Å². The van der Waals surface area contributed by atoms with Crippen molar-refractivity contribution in [2.75, 3.05) is 32.0 Å². The second-order valence-corrected chi connectivity index (χ2v) is 7.70. The van der Waals surface area contributed by atoms with Crippen LogP contribution in [0.15, 0.2) is 59.6 Å². The molecule has 0 spiro atoms. The van der Waals surface area contributed by atoms with Crippen LogP contribution in [0.3, 0.4) is 0 Å². The fourth-order valence-corrected chi connectivity index (χ4v) is 3.41. The molecule has 0 bridgehead atoms. The van der Waals surface area contributed by atoms with Gasteiger partial charge in [0.15, 0.2) is 5.96 Å². The summed E-state index contributed by atoms with van der Waals surface area (Å²) in [7, 11) is -0.913. The van der Waals surface area contributed by atoms with Gasteiger partial charge in [-0.2, -0.15) is 0 Å². The number of ether oxygens (including phenoxy) is 1. The van der Waals surface area contributed by atoms with Gasteiger partial charge in [-0.3, -0.25) is 9.20 Å². The van der Waals surface area contributed by atoms with E-state index in [4.69, 9.17) is 4.74 Å². The molecule has 0 aliphatic carbocycles. The van der Waals surface area contributed by atoms with Gasteiger partial charge < -0.3 is 15.4 Å². The van der Waals surface area contributed by atoms with Crippen molar-refractivity contribution >= 4 is 16.8 Å². The van der Waals surface area contributed by atoms with Gasteiger partial charge >= 0.3 is 0 Å². The zero-order valence-electron chi connectivity index (χ0n) is 16.1. The minimum absolute atomic E-state index is 0.521. The van der Waals surface area contributed by atoms with Crippen LogP contribution in [0.25, 0.3) is 0 Å². The molecule has 0 amide bonds. The van der Waals surface area contributed by atoms with Crippen LogP contribution in [0.2, 0.25) is 0 Å². The zero-order chi connectivity index (χ0) is 19.3. The Bertz CT molecular complexity index is 718. The summed E-state index contributed by atoms with van der Waals surface area (Å²) in [5.41, 5.74) is 2.31. The van der Waals surface area contributed by atoms with Crippen molar-refractivity contribution in [3.05, 3.63) is 65.7 Å².